The smallest absolute Gasteiger partial charge is 0.332 e. The van der Waals surface area contributed by atoms with E-state index in [1.807, 2.05) is 22.8 Å². The maximum Gasteiger partial charge on any atom is 0.332 e. The largest absolute Gasteiger partial charge is 0.383 e. The van der Waals surface area contributed by atoms with Crippen molar-refractivity contribution in [3.8, 4) is 0 Å². The van der Waals surface area contributed by atoms with E-state index >= 15 is 0 Å². The Kier molecular flexibility index (Phi) is 4.80. The predicted molar refractivity (Wildman–Crippen MR) is 108 cm³/mol. The zero-order valence-corrected chi connectivity index (χ0v) is 16.5. The Labute approximate surface area is 162 Å². The lowest BCUT2D eigenvalue weighted by molar-refractivity contribution is 0.184. The first kappa shape index (κ1) is 18.5. The number of aryl methyl sites for hydroxylation is 1. The lowest BCUT2D eigenvalue weighted by Gasteiger charge is -2.33. The van der Waals surface area contributed by atoms with Gasteiger partial charge in [-0.25, -0.2) is 4.79 Å². The van der Waals surface area contributed by atoms with Crippen molar-refractivity contribution in [3.05, 3.63) is 56.7 Å². The molecular formula is C20H25N5O3. The van der Waals surface area contributed by atoms with Crippen molar-refractivity contribution in [2.24, 2.45) is 13.0 Å². The van der Waals surface area contributed by atoms with E-state index < -0.39 is 0 Å². The topological polar surface area (TPSA) is 74.3 Å². The highest BCUT2D eigenvalue weighted by Gasteiger charge is 2.28. The molecule has 3 heterocycles. The molecule has 0 spiro atoms. The molecule has 0 bridgehead atoms. The number of ether oxygens (including phenoxy) is 1. The van der Waals surface area contributed by atoms with Gasteiger partial charge in [0.05, 0.1) is 13.2 Å². The summed E-state index contributed by atoms with van der Waals surface area (Å²) in [5.41, 5.74) is 1.43. The summed E-state index contributed by atoms with van der Waals surface area (Å²) in [4.78, 5) is 32.7. The number of nitrogens with zero attached hydrogens (tertiary/aromatic N) is 5. The van der Waals surface area contributed by atoms with Crippen LogP contribution in [0.15, 0.2) is 39.9 Å². The fourth-order valence-electron chi connectivity index (χ4n) is 3.92. The summed E-state index contributed by atoms with van der Waals surface area (Å²) >= 11 is 0. The second-order valence-corrected chi connectivity index (χ2v) is 7.46. The molecule has 0 unspecified atom stereocenters. The third kappa shape index (κ3) is 3.03. The van der Waals surface area contributed by atoms with Gasteiger partial charge >= 0.3 is 5.69 Å². The molecule has 28 heavy (non-hydrogen) atoms. The van der Waals surface area contributed by atoms with Gasteiger partial charge in [0, 0.05) is 33.8 Å². The molecule has 148 valence electrons. The number of rotatable bonds is 5. The monoisotopic (exact) mass is 383 g/mol. The van der Waals surface area contributed by atoms with Crippen LogP contribution in [0, 0.1) is 5.92 Å². The first-order chi connectivity index (χ1) is 13.5. The van der Waals surface area contributed by atoms with E-state index in [1.165, 1.54) is 14.7 Å². The van der Waals surface area contributed by atoms with Gasteiger partial charge in [-0.1, -0.05) is 37.3 Å². The number of fused-ring (bicyclic) bond motifs is 3. The standard InChI is InChI=1S/C20H25N5O3/c1-14-11-23(13-15-7-5-4-6-8-15)19-21-17-16(25(19)12-14)18(26)24(9-10-28-3)20(27)22(17)2/h4-8,14H,9-13H2,1-3H3/t14-/m0/s1. The van der Waals surface area contributed by atoms with Crippen molar-refractivity contribution in [1.82, 2.24) is 18.7 Å². The molecule has 0 fully saturated rings. The summed E-state index contributed by atoms with van der Waals surface area (Å²) in [5.74, 6) is 1.10. The van der Waals surface area contributed by atoms with Crippen LogP contribution in [0.1, 0.15) is 12.5 Å². The maximum absolute atomic E-state index is 13.1. The van der Waals surface area contributed by atoms with E-state index in [-0.39, 0.29) is 17.8 Å². The van der Waals surface area contributed by atoms with Crippen LogP contribution in [0.5, 0.6) is 0 Å². The molecule has 0 radical (unpaired) electrons. The van der Waals surface area contributed by atoms with Crippen molar-refractivity contribution in [3.63, 3.8) is 0 Å². The highest BCUT2D eigenvalue weighted by atomic mass is 16.5. The van der Waals surface area contributed by atoms with Crippen LogP contribution < -0.4 is 16.1 Å². The lowest BCUT2D eigenvalue weighted by Crippen LogP contribution is -2.41. The zero-order chi connectivity index (χ0) is 19.8. The molecule has 0 N–H and O–H groups in total. The van der Waals surface area contributed by atoms with Gasteiger partial charge in [-0.15, -0.1) is 0 Å². The molecule has 0 aliphatic carbocycles. The molecule has 0 amide bonds. The van der Waals surface area contributed by atoms with Crippen LogP contribution in [0.2, 0.25) is 0 Å². The number of anilines is 1. The minimum Gasteiger partial charge on any atom is -0.383 e. The van der Waals surface area contributed by atoms with Gasteiger partial charge in [0.15, 0.2) is 11.2 Å². The highest BCUT2D eigenvalue weighted by molar-refractivity contribution is 5.75. The van der Waals surface area contributed by atoms with Gasteiger partial charge in [-0.2, -0.15) is 4.98 Å². The minimum absolute atomic E-state index is 0.224. The number of aromatic nitrogens is 4. The quantitative estimate of drug-likeness (QED) is 0.662. The summed E-state index contributed by atoms with van der Waals surface area (Å²) in [6, 6.07) is 10.2. The normalized spacial score (nSPS) is 16.5. The van der Waals surface area contributed by atoms with Crippen molar-refractivity contribution in [1.29, 1.82) is 0 Å². The van der Waals surface area contributed by atoms with Crippen LogP contribution >= 0.6 is 0 Å². The third-order valence-corrected chi connectivity index (χ3v) is 5.26. The average Bonchev–Trinajstić information content (AvgIpc) is 3.07. The Hall–Kier alpha value is -2.87. The summed E-state index contributed by atoms with van der Waals surface area (Å²) in [7, 11) is 3.22. The Morgan fingerprint density at radius 2 is 1.93 bits per heavy atom. The Balaban J connectivity index is 1.88. The lowest BCUT2D eigenvalue weighted by atomic mass is 10.1. The molecule has 1 aromatic carbocycles. The van der Waals surface area contributed by atoms with Crippen molar-refractivity contribution < 1.29 is 4.74 Å². The van der Waals surface area contributed by atoms with Gasteiger partial charge in [-0.05, 0) is 11.5 Å². The first-order valence-corrected chi connectivity index (χ1v) is 9.49. The molecule has 0 saturated carbocycles. The zero-order valence-electron chi connectivity index (χ0n) is 16.5. The van der Waals surface area contributed by atoms with Crippen LogP contribution in [0.25, 0.3) is 11.2 Å². The maximum atomic E-state index is 13.1. The molecule has 2 aromatic heterocycles. The fraction of sp³-hybridized carbons (Fsp3) is 0.450. The van der Waals surface area contributed by atoms with Gasteiger partial charge in [0.2, 0.25) is 5.95 Å². The van der Waals surface area contributed by atoms with Gasteiger partial charge in [0.25, 0.3) is 5.56 Å². The number of methoxy groups -OCH3 is 1. The van der Waals surface area contributed by atoms with E-state index in [0.717, 1.165) is 12.5 Å². The van der Waals surface area contributed by atoms with Crippen LogP contribution in [0.3, 0.4) is 0 Å². The number of benzene rings is 1. The average molecular weight is 383 g/mol. The second kappa shape index (κ2) is 7.27. The van der Waals surface area contributed by atoms with E-state index in [9.17, 15) is 9.59 Å². The molecule has 1 aliphatic rings. The minimum atomic E-state index is -0.368. The first-order valence-electron chi connectivity index (χ1n) is 9.49. The van der Waals surface area contributed by atoms with Crippen molar-refractivity contribution >= 4 is 17.1 Å². The molecule has 0 saturated heterocycles. The Morgan fingerprint density at radius 1 is 1.18 bits per heavy atom. The molecule has 8 heteroatoms. The van der Waals surface area contributed by atoms with E-state index in [4.69, 9.17) is 9.72 Å². The molecule has 1 atom stereocenters. The molecule has 1 aliphatic heterocycles. The van der Waals surface area contributed by atoms with Crippen molar-refractivity contribution in [2.75, 3.05) is 25.2 Å². The van der Waals surface area contributed by atoms with Crippen LogP contribution in [-0.4, -0.2) is 38.9 Å². The number of hydrogen-bond acceptors (Lipinski definition) is 5. The summed E-state index contributed by atoms with van der Waals surface area (Å²) in [6.07, 6.45) is 0. The van der Waals surface area contributed by atoms with E-state index in [1.54, 1.807) is 14.2 Å². The van der Waals surface area contributed by atoms with E-state index in [2.05, 4.69) is 24.0 Å². The number of imidazole rings is 1. The number of hydrogen-bond donors (Lipinski definition) is 0. The summed E-state index contributed by atoms with van der Waals surface area (Å²) in [5, 5.41) is 0. The van der Waals surface area contributed by atoms with Gasteiger partial charge in [-0.3, -0.25) is 13.9 Å². The van der Waals surface area contributed by atoms with E-state index in [0.29, 0.717) is 36.8 Å². The summed E-state index contributed by atoms with van der Waals surface area (Å²) < 4.78 is 9.73. The van der Waals surface area contributed by atoms with Crippen molar-refractivity contribution in [2.45, 2.75) is 26.6 Å². The fourth-order valence-corrected chi connectivity index (χ4v) is 3.92. The molecule has 8 nitrogen and oxygen atoms in total. The SMILES string of the molecule is COCCn1c(=O)c2c(nc3n2C[C@@H](C)CN3Cc2ccccc2)n(C)c1=O. The van der Waals surface area contributed by atoms with Crippen LogP contribution in [0.4, 0.5) is 5.95 Å². The molecule has 3 aromatic rings. The Morgan fingerprint density at radius 3 is 2.64 bits per heavy atom. The second-order valence-electron chi connectivity index (χ2n) is 7.46. The van der Waals surface area contributed by atoms with Crippen LogP contribution in [-0.2, 0) is 31.4 Å². The summed E-state index contributed by atoms with van der Waals surface area (Å²) in [6.45, 7) is 4.96. The Bertz CT molecular complexity index is 1110. The highest BCUT2D eigenvalue weighted by Crippen LogP contribution is 2.28. The van der Waals surface area contributed by atoms with Gasteiger partial charge < -0.3 is 14.2 Å². The molecular weight excluding hydrogens is 358 g/mol. The predicted octanol–water partition coefficient (Wildman–Crippen LogP) is 1.20. The van der Waals surface area contributed by atoms with Gasteiger partial charge in [0.1, 0.15) is 0 Å². The third-order valence-electron chi connectivity index (χ3n) is 5.26. The molecule has 4 rings (SSSR count).